The maximum absolute atomic E-state index is 6.58. The van der Waals surface area contributed by atoms with Crippen molar-refractivity contribution in [2.75, 3.05) is 4.90 Å². The van der Waals surface area contributed by atoms with Crippen molar-refractivity contribution in [2.45, 2.75) is 0 Å². The van der Waals surface area contributed by atoms with Crippen molar-refractivity contribution < 1.29 is 4.42 Å². The van der Waals surface area contributed by atoms with Gasteiger partial charge in [0.25, 0.3) is 0 Å². The van der Waals surface area contributed by atoms with E-state index in [4.69, 9.17) is 19.4 Å². The van der Waals surface area contributed by atoms with Crippen LogP contribution in [0, 0.1) is 0 Å². The van der Waals surface area contributed by atoms with Crippen molar-refractivity contribution in [3.05, 3.63) is 182 Å². The van der Waals surface area contributed by atoms with Crippen LogP contribution in [0.25, 0.3) is 99.3 Å². The smallest absolute Gasteiger partial charge is 0.235 e. The average molecular weight is 715 g/mol. The lowest BCUT2D eigenvalue weighted by Gasteiger charge is -2.32. The molecule has 0 bridgehead atoms. The van der Waals surface area contributed by atoms with E-state index in [9.17, 15) is 0 Å². The maximum Gasteiger partial charge on any atom is 0.235 e. The molecule has 0 aliphatic carbocycles. The second-order valence-corrected chi connectivity index (χ2v) is 14.4. The van der Waals surface area contributed by atoms with E-state index in [0.29, 0.717) is 5.95 Å². The van der Waals surface area contributed by atoms with Gasteiger partial charge in [-0.1, -0.05) is 133 Å². The Morgan fingerprint density at radius 3 is 1.88 bits per heavy atom. The van der Waals surface area contributed by atoms with E-state index in [0.717, 1.165) is 105 Å². The first kappa shape index (κ1) is 30.8. The Morgan fingerprint density at radius 2 is 1.04 bits per heavy atom. The molecule has 0 saturated carbocycles. The maximum atomic E-state index is 6.58. The van der Waals surface area contributed by atoms with E-state index in [-0.39, 0.29) is 0 Å². The van der Waals surface area contributed by atoms with Gasteiger partial charge in [0.2, 0.25) is 5.95 Å². The molecule has 1 aliphatic heterocycles. The Balaban J connectivity index is 1.16. The van der Waals surface area contributed by atoms with Gasteiger partial charge in [-0.05, 0) is 76.2 Å². The van der Waals surface area contributed by atoms with E-state index in [2.05, 4.69) is 163 Å². The summed E-state index contributed by atoms with van der Waals surface area (Å²) in [4.78, 5) is 18.5. The van der Waals surface area contributed by atoms with Gasteiger partial charge in [-0.15, -0.1) is 0 Å². The van der Waals surface area contributed by atoms with Crippen LogP contribution in [-0.4, -0.2) is 15.0 Å². The molecular weight excluding hydrogens is 685 g/mol. The predicted molar refractivity (Wildman–Crippen MR) is 230 cm³/mol. The quantitative estimate of drug-likeness (QED) is 0.170. The van der Waals surface area contributed by atoms with Crippen molar-refractivity contribution in [2.24, 2.45) is 0 Å². The zero-order valence-corrected chi connectivity index (χ0v) is 30.0. The third-order valence-electron chi connectivity index (χ3n) is 11.2. The molecule has 4 heterocycles. The van der Waals surface area contributed by atoms with Gasteiger partial charge in [0.15, 0.2) is 0 Å². The van der Waals surface area contributed by atoms with Crippen LogP contribution in [0.4, 0.5) is 17.3 Å². The van der Waals surface area contributed by atoms with Gasteiger partial charge in [0.1, 0.15) is 11.2 Å². The average Bonchev–Trinajstić information content (AvgIpc) is 3.66. The molecule has 56 heavy (non-hydrogen) atoms. The molecule has 0 atom stereocenters. The summed E-state index contributed by atoms with van der Waals surface area (Å²) < 4.78 is 6.58. The summed E-state index contributed by atoms with van der Waals surface area (Å²) in [7, 11) is 0. The van der Waals surface area contributed by atoms with Crippen LogP contribution in [-0.2, 0) is 0 Å². The minimum absolute atomic E-state index is 0.580. The van der Waals surface area contributed by atoms with Gasteiger partial charge in [-0.25, -0.2) is 15.0 Å². The fraction of sp³-hybridized carbons (Fsp3) is 0. The van der Waals surface area contributed by atoms with E-state index in [1.807, 2.05) is 24.3 Å². The van der Waals surface area contributed by atoms with Gasteiger partial charge in [-0.3, -0.25) is 4.90 Å². The van der Waals surface area contributed by atoms with E-state index in [1.54, 1.807) is 0 Å². The summed E-state index contributed by atoms with van der Waals surface area (Å²) in [6, 6.07) is 63.7. The molecule has 1 aliphatic rings. The van der Waals surface area contributed by atoms with Crippen LogP contribution < -0.4 is 4.90 Å². The molecule has 0 fully saturated rings. The van der Waals surface area contributed by atoms with E-state index in [1.165, 1.54) is 5.56 Å². The van der Waals surface area contributed by atoms with Gasteiger partial charge in [-0.2, -0.15) is 0 Å². The number of fused-ring (bicyclic) bond motifs is 8. The van der Waals surface area contributed by atoms with Crippen LogP contribution in [0.3, 0.4) is 0 Å². The second kappa shape index (κ2) is 11.9. The highest BCUT2D eigenvalue weighted by molar-refractivity contribution is 6.21. The zero-order valence-electron chi connectivity index (χ0n) is 30.0. The molecule has 0 amide bonds. The number of pyridine rings is 1. The van der Waals surface area contributed by atoms with Crippen LogP contribution in [0.2, 0.25) is 0 Å². The number of hydrogen-bond acceptors (Lipinski definition) is 5. The Bertz CT molecular complexity index is 3370. The van der Waals surface area contributed by atoms with Crippen molar-refractivity contribution in [3.8, 4) is 44.8 Å². The van der Waals surface area contributed by atoms with Gasteiger partial charge >= 0.3 is 0 Å². The largest absolute Gasteiger partial charge is 0.455 e. The van der Waals surface area contributed by atoms with Gasteiger partial charge in [0, 0.05) is 38.1 Å². The van der Waals surface area contributed by atoms with E-state index < -0.39 is 0 Å². The van der Waals surface area contributed by atoms with Crippen LogP contribution in [0.15, 0.2) is 186 Å². The number of nitrogens with zero attached hydrogens (tertiary/aromatic N) is 4. The molecule has 0 radical (unpaired) electrons. The first-order valence-corrected chi connectivity index (χ1v) is 18.9. The molecule has 0 saturated heterocycles. The first-order chi connectivity index (χ1) is 27.8. The van der Waals surface area contributed by atoms with Gasteiger partial charge in [0.05, 0.1) is 33.8 Å². The summed E-state index contributed by atoms with van der Waals surface area (Å²) in [5.74, 6) is 0.580. The number of rotatable bonds is 4. The Morgan fingerprint density at radius 1 is 0.375 bits per heavy atom. The highest BCUT2D eigenvalue weighted by atomic mass is 16.3. The van der Waals surface area contributed by atoms with Crippen molar-refractivity contribution in [1.29, 1.82) is 0 Å². The molecule has 0 N–H and O–H groups in total. The SMILES string of the molecule is c1ccc(-c2ccc3c(c2)-c2nc4ccc(-c5ccccc5)cc4c4cccc(c24)N3c2nc(-c3cccc4c3oc3ccccc34)c3ccccc3n2)cc1. The molecule has 11 aromatic rings. The molecule has 0 spiro atoms. The summed E-state index contributed by atoms with van der Waals surface area (Å²) in [6.07, 6.45) is 0. The van der Waals surface area contributed by atoms with Crippen molar-refractivity contribution >= 4 is 71.8 Å². The minimum Gasteiger partial charge on any atom is -0.455 e. The molecule has 3 aromatic heterocycles. The van der Waals surface area contributed by atoms with Crippen LogP contribution in [0.5, 0.6) is 0 Å². The summed E-state index contributed by atoms with van der Waals surface area (Å²) in [6.45, 7) is 0. The summed E-state index contributed by atoms with van der Waals surface area (Å²) in [5, 5.41) is 6.41. The number of aromatic nitrogens is 3. The van der Waals surface area contributed by atoms with Crippen LogP contribution in [0.1, 0.15) is 0 Å². The molecule has 5 heteroatoms. The fourth-order valence-electron chi connectivity index (χ4n) is 8.61. The van der Waals surface area contributed by atoms with Gasteiger partial charge < -0.3 is 4.42 Å². The fourth-order valence-corrected chi connectivity index (χ4v) is 8.61. The second-order valence-electron chi connectivity index (χ2n) is 14.4. The number of para-hydroxylation sites is 3. The normalized spacial score (nSPS) is 12.2. The Kier molecular flexibility index (Phi) is 6.56. The third-order valence-corrected chi connectivity index (χ3v) is 11.2. The molecular formula is C51H30N4O. The Labute approximate surface area is 321 Å². The first-order valence-electron chi connectivity index (χ1n) is 18.9. The number of hydrogen-bond donors (Lipinski definition) is 0. The standard InChI is InChI=1S/C51H30N4O/c1-3-13-31(14-4-1)33-25-27-43-40(29-33)36-19-12-23-45-47(36)49(52-43)41-30-34(32-15-5-2-6-16-32)26-28-44(41)55(45)51-53-42-22-9-7-18-38(42)48(54-51)39-21-11-20-37-35-17-8-10-24-46(35)56-50(37)39/h1-30H. The lowest BCUT2D eigenvalue weighted by atomic mass is 9.90. The molecule has 0 unspecified atom stereocenters. The molecule has 5 nitrogen and oxygen atoms in total. The lowest BCUT2D eigenvalue weighted by molar-refractivity contribution is 0.670. The van der Waals surface area contributed by atoms with Crippen LogP contribution >= 0.6 is 0 Å². The minimum atomic E-state index is 0.580. The third kappa shape index (κ3) is 4.58. The Hall–Kier alpha value is -7.63. The molecule has 12 rings (SSSR count). The highest BCUT2D eigenvalue weighted by Gasteiger charge is 2.31. The number of benzene rings is 8. The predicted octanol–water partition coefficient (Wildman–Crippen LogP) is 13.7. The number of furan rings is 1. The monoisotopic (exact) mass is 714 g/mol. The van der Waals surface area contributed by atoms with Crippen molar-refractivity contribution in [1.82, 2.24) is 15.0 Å². The topological polar surface area (TPSA) is 55.1 Å². The molecule has 8 aromatic carbocycles. The zero-order chi connectivity index (χ0) is 36.7. The lowest BCUT2D eigenvalue weighted by Crippen LogP contribution is -2.18. The summed E-state index contributed by atoms with van der Waals surface area (Å²) >= 11 is 0. The highest BCUT2D eigenvalue weighted by Crippen LogP contribution is 2.52. The van der Waals surface area contributed by atoms with E-state index >= 15 is 0 Å². The number of anilines is 3. The summed E-state index contributed by atoms with van der Waals surface area (Å²) in [5.41, 5.74) is 13.8. The van der Waals surface area contributed by atoms with Crippen molar-refractivity contribution in [3.63, 3.8) is 0 Å². The molecule has 260 valence electrons.